The van der Waals surface area contributed by atoms with Crippen LogP contribution in [0.4, 0.5) is 5.82 Å². The molecule has 3 rings (SSSR count). The van der Waals surface area contributed by atoms with Gasteiger partial charge in [0.15, 0.2) is 5.43 Å². The number of amides is 1. The maximum absolute atomic E-state index is 13.3. The van der Waals surface area contributed by atoms with Crippen LogP contribution in [0.15, 0.2) is 59.4 Å². The quantitative estimate of drug-likeness (QED) is 0.587. The number of pyridine rings is 1. The standard InChI is InChI=1S/C23H26N2O2/c1-3-5-7-16-20(26)24-23-21(17-12-8-6-9-13-17)22(27)18-14-10-11-15-19(18)25(23)4-2/h6,8-15H,3-5,7,16H2,1-2H3,(H,24,26). The zero-order chi connectivity index (χ0) is 19.2. The van der Waals surface area contributed by atoms with Crippen LogP contribution in [-0.2, 0) is 11.3 Å². The van der Waals surface area contributed by atoms with Crippen molar-refractivity contribution in [3.63, 3.8) is 0 Å². The number of rotatable bonds is 7. The third kappa shape index (κ3) is 3.95. The molecule has 3 aromatic rings. The first-order chi connectivity index (χ1) is 13.2. The zero-order valence-corrected chi connectivity index (χ0v) is 16.0. The molecule has 0 bridgehead atoms. The second kappa shape index (κ2) is 8.67. The van der Waals surface area contributed by atoms with Gasteiger partial charge in [0.1, 0.15) is 5.82 Å². The van der Waals surface area contributed by atoms with Crippen molar-refractivity contribution in [2.24, 2.45) is 0 Å². The molecule has 0 saturated heterocycles. The fraction of sp³-hybridized carbons (Fsp3) is 0.304. The first-order valence-electron chi connectivity index (χ1n) is 9.68. The van der Waals surface area contributed by atoms with Crippen molar-refractivity contribution < 1.29 is 4.79 Å². The van der Waals surface area contributed by atoms with Gasteiger partial charge in [0.2, 0.25) is 5.91 Å². The van der Waals surface area contributed by atoms with Gasteiger partial charge in [-0.15, -0.1) is 0 Å². The molecule has 0 aliphatic carbocycles. The lowest BCUT2D eigenvalue weighted by Crippen LogP contribution is -2.22. The second-order valence-electron chi connectivity index (χ2n) is 6.69. The van der Waals surface area contributed by atoms with Crippen molar-refractivity contribution in [1.82, 2.24) is 4.57 Å². The molecule has 0 atom stereocenters. The number of fused-ring (bicyclic) bond motifs is 1. The van der Waals surface area contributed by atoms with Crippen molar-refractivity contribution in [3.05, 3.63) is 64.8 Å². The molecule has 0 spiro atoms. The molecule has 0 unspecified atom stereocenters. The Kier molecular flexibility index (Phi) is 6.07. The van der Waals surface area contributed by atoms with Crippen LogP contribution >= 0.6 is 0 Å². The van der Waals surface area contributed by atoms with Crippen LogP contribution in [-0.4, -0.2) is 10.5 Å². The molecular formula is C23H26N2O2. The average Bonchev–Trinajstić information content (AvgIpc) is 2.69. The number of nitrogens with zero attached hydrogens (tertiary/aromatic N) is 1. The van der Waals surface area contributed by atoms with E-state index in [2.05, 4.69) is 12.2 Å². The summed E-state index contributed by atoms with van der Waals surface area (Å²) >= 11 is 0. The van der Waals surface area contributed by atoms with Crippen molar-refractivity contribution in [2.75, 3.05) is 5.32 Å². The highest BCUT2D eigenvalue weighted by molar-refractivity contribution is 5.98. The number of carbonyl (C=O) groups excluding carboxylic acids is 1. The molecule has 27 heavy (non-hydrogen) atoms. The Hall–Kier alpha value is -2.88. The molecule has 0 saturated carbocycles. The van der Waals surface area contributed by atoms with Crippen molar-refractivity contribution in [3.8, 4) is 11.1 Å². The van der Waals surface area contributed by atoms with E-state index in [1.165, 1.54) is 0 Å². The van der Waals surface area contributed by atoms with Crippen molar-refractivity contribution in [2.45, 2.75) is 46.1 Å². The highest BCUT2D eigenvalue weighted by Crippen LogP contribution is 2.29. The van der Waals surface area contributed by atoms with Crippen LogP contribution in [0.3, 0.4) is 0 Å². The lowest BCUT2D eigenvalue weighted by atomic mass is 10.0. The number of hydrogen-bond donors (Lipinski definition) is 1. The molecule has 0 aliphatic heterocycles. The lowest BCUT2D eigenvalue weighted by Gasteiger charge is -2.20. The van der Waals surface area contributed by atoms with Gasteiger partial charge in [0, 0.05) is 18.4 Å². The number of carbonyl (C=O) groups is 1. The summed E-state index contributed by atoms with van der Waals surface area (Å²) in [7, 11) is 0. The molecule has 4 nitrogen and oxygen atoms in total. The van der Waals surface area contributed by atoms with E-state index in [4.69, 9.17) is 0 Å². The molecule has 0 aliphatic rings. The smallest absolute Gasteiger partial charge is 0.225 e. The van der Waals surface area contributed by atoms with E-state index in [9.17, 15) is 9.59 Å². The van der Waals surface area contributed by atoms with E-state index in [-0.39, 0.29) is 11.3 Å². The number of para-hydroxylation sites is 1. The predicted molar refractivity (Wildman–Crippen MR) is 112 cm³/mol. The number of benzene rings is 2. The van der Waals surface area contributed by atoms with Gasteiger partial charge < -0.3 is 9.88 Å². The minimum Gasteiger partial charge on any atom is -0.327 e. The van der Waals surface area contributed by atoms with E-state index < -0.39 is 0 Å². The minimum atomic E-state index is -0.0506. The van der Waals surface area contributed by atoms with Crippen molar-refractivity contribution >= 4 is 22.6 Å². The van der Waals surface area contributed by atoms with E-state index in [1.807, 2.05) is 66.1 Å². The first-order valence-corrected chi connectivity index (χ1v) is 9.68. The Morgan fingerprint density at radius 2 is 1.67 bits per heavy atom. The Bertz CT molecular complexity index is 990. The predicted octanol–water partition coefficient (Wildman–Crippen LogP) is 5.21. The van der Waals surface area contributed by atoms with Gasteiger partial charge in [-0.3, -0.25) is 9.59 Å². The number of hydrogen-bond acceptors (Lipinski definition) is 2. The zero-order valence-electron chi connectivity index (χ0n) is 16.0. The summed E-state index contributed by atoms with van der Waals surface area (Å²) in [5.41, 5.74) is 2.17. The van der Waals surface area contributed by atoms with E-state index in [0.29, 0.717) is 29.7 Å². The topological polar surface area (TPSA) is 51.1 Å². The summed E-state index contributed by atoms with van der Waals surface area (Å²) in [5.74, 6) is 0.548. The maximum atomic E-state index is 13.3. The molecule has 1 aromatic heterocycles. The summed E-state index contributed by atoms with van der Waals surface area (Å²) in [6.45, 7) is 4.80. The second-order valence-corrected chi connectivity index (χ2v) is 6.69. The maximum Gasteiger partial charge on any atom is 0.225 e. The molecule has 4 heteroatoms. The molecule has 140 valence electrons. The normalized spacial score (nSPS) is 10.9. The summed E-state index contributed by atoms with van der Waals surface area (Å²) in [6, 6.07) is 17.2. The summed E-state index contributed by atoms with van der Waals surface area (Å²) < 4.78 is 2.02. The van der Waals surface area contributed by atoms with E-state index >= 15 is 0 Å². The molecular weight excluding hydrogens is 336 g/mol. The van der Waals surface area contributed by atoms with E-state index in [0.717, 1.165) is 30.3 Å². The molecule has 1 N–H and O–H groups in total. The Morgan fingerprint density at radius 1 is 0.963 bits per heavy atom. The van der Waals surface area contributed by atoms with Gasteiger partial charge in [0.25, 0.3) is 0 Å². The van der Waals surface area contributed by atoms with Gasteiger partial charge in [-0.05, 0) is 31.0 Å². The Balaban J connectivity index is 2.19. The Labute approximate surface area is 159 Å². The van der Waals surface area contributed by atoms with Crippen LogP contribution < -0.4 is 10.7 Å². The van der Waals surface area contributed by atoms with Gasteiger partial charge in [-0.2, -0.15) is 0 Å². The highest BCUT2D eigenvalue weighted by Gasteiger charge is 2.19. The van der Waals surface area contributed by atoms with Gasteiger partial charge >= 0.3 is 0 Å². The van der Waals surface area contributed by atoms with Gasteiger partial charge in [-0.25, -0.2) is 0 Å². The molecule has 2 aromatic carbocycles. The van der Waals surface area contributed by atoms with Crippen LogP contribution in [0.5, 0.6) is 0 Å². The third-order valence-electron chi connectivity index (χ3n) is 4.82. The van der Waals surface area contributed by atoms with Crippen LogP contribution in [0.2, 0.25) is 0 Å². The highest BCUT2D eigenvalue weighted by atomic mass is 16.1. The summed E-state index contributed by atoms with van der Waals surface area (Å²) in [6.07, 6.45) is 3.41. The Morgan fingerprint density at radius 3 is 2.37 bits per heavy atom. The fourth-order valence-electron chi connectivity index (χ4n) is 3.46. The first kappa shape index (κ1) is 18.9. The monoisotopic (exact) mass is 362 g/mol. The van der Waals surface area contributed by atoms with Gasteiger partial charge in [0.05, 0.1) is 11.1 Å². The number of unbranched alkanes of at least 4 members (excludes halogenated alkanes) is 2. The summed E-state index contributed by atoms with van der Waals surface area (Å²) in [4.78, 5) is 25.9. The number of anilines is 1. The minimum absolute atomic E-state index is 0.0440. The van der Waals surface area contributed by atoms with Crippen LogP contribution in [0, 0.1) is 0 Å². The molecule has 1 amide bonds. The third-order valence-corrected chi connectivity index (χ3v) is 4.82. The molecule has 0 radical (unpaired) electrons. The average molecular weight is 362 g/mol. The lowest BCUT2D eigenvalue weighted by molar-refractivity contribution is -0.116. The largest absolute Gasteiger partial charge is 0.327 e. The fourth-order valence-corrected chi connectivity index (χ4v) is 3.46. The van der Waals surface area contributed by atoms with Crippen LogP contribution in [0.1, 0.15) is 39.5 Å². The number of aromatic nitrogens is 1. The van der Waals surface area contributed by atoms with Crippen LogP contribution in [0.25, 0.3) is 22.0 Å². The number of nitrogens with one attached hydrogen (secondary N) is 1. The SMILES string of the molecule is CCCCCC(=O)Nc1c(-c2ccccc2)c(=O)c2ccccc2n1CC. The number of aryl methyl sites for hydroxylation is 1. The molecule has 1 heterocycles. The van der Waals surface area contributed by atoms with E-state index in [1.54, 1.807) is 0 Å². The molecule has 0 fully saturated rings. The van der Waals surface area contributed by atoms with Gasteiger partial charge in [-0.1, -0.05) is 62.2 Å². The van der Waals surface area contributed by atoms with Crippen molar-refractivity contribution in [1.29, 1.82) is 0 Å². The summed E-state index contributed by atoms with van der Waals surface area (Å²) in [5, 5.41) is 3.71.